The number of carbonyl (C=O) groups is 1. The van der Waals surface area contributed by atoms with Gasteiger partial charge in [0.2, 0.25) is 0 Å². The van der Waals surface area contributed by atoms with Crippen molar-refractivity contribution in [2.75, 3.05) is 13.2 Å². The number of rotatable bonds is 7. The summed E-state index contributed by atoms with van der Waals surface area (Å²) in [4.78, 5) is 28.9. The Bertz CT molecular complexity index is 1130. The zero-order valence-corrected chi connectivity index (χ0v) is 18.0. The number of ether oxygens (including phenoxy) is 1. The molecule has 2 aromatic heterocycles. The lowest BCUT2D eigenvalue weighted by Crippen LogP contribution is -2.35. The summed E-state index contributed by atoms with van der Waals surface area (Å²) < 4.78 is 11.2. The molecule has 0 saturated carbocycles. The average Bonchev–Trinajstić information content (AvgIpc) is 3.40. The van der Waals surface area contributed by atoms with Gasteiger partial charge >= 0.3 is 5.97 Å². The van der Waals surface area contributed by atoms with Gasteiger partial charge in [0.05, 0.1) is 23.3 Å². The molecule has 4 rings (SSSR count). The number of non-ortho nitro benzene ring substituents is 1. The molecule has 1 N–H and O–H groups in total. The van der Waals surface area contributed by atoms with E-state index in [-0.39, 0.29) is 24.9 Å². The van der Waals surface area contributed by atoms with Crippen LogP contribution in [-0.2, 0) is 9.53 Å². The molecule has 1 aliphatic rings. The van der Waals surface area contributed by atoms with Gasteiger partial charge in [0.25, 0.3) is 5.69 Å². The first-order chi connectivity index (χ1) is 15.5. The first kappa shape index (κ1) is 21.4. The Morgan fingerprint density at radius 2 is 2.03 bits per heavy atom. The standard InChI is InChI=1S/C22H20N4O5S/c1-2-30-19(27)13-25-21(20(24-22(25)32)16-5-3-4-12-23-16)18-11-10-17(31-18)14-6-8-15(9-7-14)26(28)29/h3-12,20-21H,2,13H2,1H3,(H,24,32)/t20-,21-/m0/s1. The summed E-state index contributed by atoms with van der Waals surface area (Å²) in [6.45, 7) is 1.98. The van der Waals surface area contributed by atoms with Gasteiger partial charge in [-0.3, -0.25) is 19.9 Å². The molecule has 10 heteroatoms. The number of nitrogens with zero attached hydrogens (tertiary/aromatic N) is 3. The van der Waals surface area contributed by atoms with Crippen molar-refractivity contribution in [2.45, 2.75) is 19.0 Å². The summed E-state index contributed by atoms with van der Waals surface area (Å²) in [7, 11) is 0. The van der Waals surface area contributed by atoms with Crippen molar-refractivity contribution < 1.29 is 18.9 Å². The number of aromatic nitrogens is 1. The number of hydrogen-bond donors (Lipinski definition) is 1. The molecule has 0 spiro atoms. The minimum absolute atomic E-state index is 0.00157. The second-order valence-electron chi connectivity index (χ2n) is 7.07. The predicted octanol–water partition coefficient (Wildman–Crippen LogP) is 3.79. The third kappa shape index (κ3) is 4.30. The maximum Gasteiger partial charge on any atom is 0.325 e. The molecule has 1 aromatic carbocycles. The fourth-order valence-electron chi connectivity index (χ4n) is 3.64. The summed E-state index contributed by atoms with van der Waals surface area (Å²) in [5, 5.41) is 14.5. The quantitative estimate of drug-likeness (QED) is 0.248. The van der Waals surface area contributed by atoms with Crippen LogP contribution in [0.2, 0.25) is 0 Å². The van der Waals surface area contributed by atoms with Gasteiger partial charge in [-0.1, -0.05) is 6.07 Å². The number of esters is 1. The Balaban J connectivity index is 1.68. The average molecular weight is 452 g/mol. The number of hydrogen-bond acceptors (Lipinski definition) is 7. The van der Waals surface area contributed by atoms with Gasteiger partial charge in [-0.15, -0.1) is 0 Å². The van der Waals surface area contributed by atoms with E-state index in [4.69, 9.17) is 21.4 Å². The van der Waals surface area contributed by atoms with Crippen LogP contribution >= 0.6 is 12.2 Å². The molecule has 1 aliphatic heterocycles. The van der Waals surface area contributed by atoms with E-state index in [1.165, 1.54) is 12.1 Å². The minimum Gasteiger partial charge on any atom is -0.465 e. The van der Waals surface area contributed by atoms with Gasteiger partial charge < -0.3 is 19.4 Å². The molecule has 0 unspecified atom stereocenters. The van der Waals surface area contributed by atoms with Crippen molar-refractivity contribution in [2.24, 2.45) is 0 Å². The summed E-state index contributed by atoms with van der Waals surface area (Å²) >= 11 is 5.51. The topological polar surface area (TPSA) is 111 Å². The number of pyridine rings is 1. The smallest absolute Gasteiger partial charge is 0.325 e. The Labute approximate surface area is 189 Å². The van der Waals surface area contributed by atoms with Crippen molar-refractivity contribution in [1.82, 2.24) is 15.2 Å². The Morgan fingerprint density at radius 1 is 1.25 bits per heavy atom. The first-order valence-corrected chi connectivity index (χ1v) is 10.4. The summed E-state index contributed by atoms with van der Waals surface area (Å²) in [6, 6.07) is 14.5. The zero-order valence-electron chi connectivity index (χ0n) is 17.1. The number of nitro benzene ring substituents is 1. The van der Waals surface area contributed by atoms with Crippen molar-refractivity contribution in [3.05, 3.63) is 82.4 Å². The highest BCUT2D eigenvalue weighted by atomic mass is 32.1. The lowest BCUT2D eigenvalue weighted by atomic mass is 10.0. The van der Waals surface area contributed by atoms with Crippen LogP contribution in [0.3, 0.4) is 0 Å². The van der Waals surface area contributed by atoms with Crippen LogP contribution in [0.1, 0.15) is 30.5 Å². The molecule has 0 bridgehead atoms. The molecule has 0 amide bonds. The van der Waals surface area contributed by atoms with Crippen LogP contribution in [-0.4, -0.2) is 39.0 Å². The lowest BCUT2D eigenvalue weighted by Gasteiger charge is -2.25. The van der Waals surface area contributed by atoms with Crippen LogP contribution in [0.4, 0.5) is 5.69 Å². The van der Waals surface area contributed by atoms with E-state index in [9.17, 15) is 14.9 Å². The summed E-state index contributed by atoms with van der Waals surface area (Å²) in [5.41, 5.74) is 1.45. The van der Waals surface area contributed by atoms with Gasteiger partial charge in [-0.05, 0) is 55.5 Å². The van der Waals surface area contributed by atoms with Gasteiger partial charge in [-0.25, -0.2) is 0 Å². The molecule has 32 heavy (non-hydrogen) atoms. The number of nitrogens with one attached hydrogen (secondary N) is 1. The molecule has 1 saturated heterocycles. The molecule has 1 fully saturated rings. The van der Waals surface area contributed by atoms with Crippen LogP contribution < -0.4 is 5.32 Å². The second-order valence-corrected chi connectivity index (χ2v) is 7.45. The largest absolute Gasteiger partial charge is 0.465 e. The Morgan fingerprint density at radius 3 is 2.69 bits per heavy atom. The monoisotopic (exact) mass is 452 g/mol. The molecule has 164 valence electrons. The molecule has 9 nitrogen and oxygen atoms in total. The Hall–Kier alpha value is -3.79. The molecular weight excluding hydrogens is 432 g/mol. The summed E-state index contributed by atoms with van der Waals surface area (Å²) in [6.07, 6.45) is 1.69. The van der Waals surface area contributed by atoms with Crippen molar-refractivity contribution >= 4 is 29.0 Å². The van der Waals surface area contributed by atoms with Crippen LogP contribution in [0.15, 0.2) is 65.2 Å². The van der Waals surface area contributed by atoms with Crippen LogP contribution in [0.5, 0.6) is 0 Å². The van der Waals surface area contributed by atoms with Crippen molar-refractivity contribution in [1.29, 1.82) is 0 Å². The van der Waals surface area contributed by atoms with Crippen molar-refractivity contribution in [3.63, 3.8) is 0 Å². The SMILES string of the molecule is CCOC(=O)CN1C(=S)N[C@@H](c2ccccn2)[C@@H]1c1ccc(-c2ccc([N+](=O)[O-])cc2)o1. The highest BCUT2D eigenvalue weighted by molar-refractivity contribution is 7.80. The van der Waals surface area contributed by atoms with Crippen LogP contribution in [0.25, 0.3) is 11.3 Å². The molecular formula is C22H20N4O5S. The van der Waals surface area contributed by atoms with E-state index in [1.54, 1.807) is 36.2 Å². The molecule has 0 radical (unpaired) electrons. The van der Waals surface area contributed by atoms with Gasteiger partial charge in [-0.2, -0.15) is 0 Å². The van der Waals surface area contributed by atoms with E-state index in [0.29, 0.717) is 22.2 Å². The maximum atomic E-state index is 12.2. The molecule has 3 aromatic rings. The van der Waals surface area contributed by atoms with Crippen molar-refractivity contribution in [3.8, 4) is 11.3 Å². The molecule has 3 heterocycles. The Kier molecular flexibility index (Phi) is 6.13. The van der Waals surface area contributed by atoms with E-state index < -0.39 is 16.9 Å². The molecule has 2 atom stereocenters. The van der Waals surface area contributed by atoms with Crippen LogP contribution in [0, 0.1) is 10.1 Å². The number of furan rings is 1. The highest BCUT2D eigenvalue weighted by Gasteiger charge is 2.42. The second kappa shape index (κ2) is 9.15. The molecule has 0 aliphatic carbocycles. The highest BCUT2D eigenvalue weighted by Crippen LogP contribution is 2.40. The zero-order chi connectivity index (χ0) is 22.7. The number of nitro groups is 1. The third-order valence-corrected chi connectivity index (χ3v) is 5.44. The fourth-order valence-corrected chi connectivity index (χ4v) is 3.95. The van der Waals surface area contributed by atoms with E-state index in [0.717, 1.165) is 5.69 Å². The van der Waals surface area contributed by atoms with E-state index in [1.807, 2.05) is 24.3 Å². The summed E-state index contributed by atoms with van der Waals surface area (Å²) in [5.74, 6) is 0.722. The van der Waals surface area contributed by atoms with Gasteiger partial charge in [0.1, 0.15) is 24.1 Å². The number of benzene rings is 1. The minimum atomic E-state index is -0.451. The number of thiocarbonyl (C=S) groups is 1. The predicted molar refractivity (Wildman–Crippen MR) is 120 cm³/mol. The van der Waals surface area contributed by atoms with Gasteiger partial charge in [0.15, 0.2) is 5.11 Å². The first-order valence-electron chi connectivity index (χ1n) is 9.96. The van der Waals surface area contributed by atoms with E-state index >= 15 is 0 Å². The number of carbonyl (C=O) groups excluding carboxylic acids is 1. The third-order valence-electron chi connectivity index (χ3n) is 5.08. The lowest BCUT2D eigenvalue weighted by molar-refractivity contribution is -0.384. The fraction of sp³-hybridized carbons (Fsp3) is 0.227. The van der Waals surface area contributed by atoms with Gasteiger partial charge in [0, 0.05) is 23.9 Å². The van der Waals surface area contributed by atoms with E-state index in [2.05, 4.69) is 10.3 Å². The normalized spacial score (nSPS) is 17.8. The maximum absolute atomic E-state index is 12.2.